The Labute approximate surface area is 247 Å². The molecule has 39 heavy (non-hydrogen) atoms. The van der Waals surface area contributed by atoms with E-state index in [1.54, 1.807) is 0 Å². The molecule has 4 saturated carbocycles. The maximum absolute atomic E-state index is 7.39. The van der Waals surface area contributed by atoms with Crippen LogP contribution in [0.2, 0.25) is 55.9 Å². The number of nitrogens with zero attached hydrogens (tertiary/aromatic N) is 2. The van der Waals surface area contributed by atoms with Gasteiger partial charge in [-0.3, -0.25) is 0 Å². The fourth-order valence-electron chi connectivity index (χ4n) is 10.4. The fraction of sp³-hybridized carbons (Fsp3) is 0.938. The molecule has 0 aromatic carbocycles. The molecule has 0 spiro atoms. The van der Waals surface area contributed by atoms with Gasteiger partial charge in [-0.25, -0.2) is 0 Å². The lowest BCUT2D eigenvalue weighted by molar-refractivity contribution is -0.0189. The van der Waals surface area contributed by atoms with Crippen LogP contribution in [-0.2, 0) is 4.43 Å². The van der Waals surface area contributed by atoms with Crippen LogP contribution in [0.25, 0.3) is 0 Å². The third-order valence-electron chi connectivity index (χ3n) is 11.0. The Morgan fingerprint density at radius 1 is 0.795 bits per heavy atom. The molecule has 0 amide bonds. The minimum atomic E-state index is -1.96. The van der Waals surface area contributed by atoms with E-state index in [1.165, 1.54) is 37.5 Å². The van der Waals surface area contributed by atoms with Gasteiger partial charge in [0.05, 0.1) is 21.3 Å². The smallest absolute Gasteiger partial charge is 0.195 e. The molecule has 4 bridgehead atoms. The van der Waals surface area contributed by atoms with Gasteiger partial charge in [0.15, 0.2) is 13.8 Å². The summed E-state index contributed by atoms with van der Waals surface area (Å²) in [7, 11) is -6.24. The van der Waals surface area contributed by atoms with Gasteiger partial charge in [-0.05, 0) is 111 Å². The van der Waals surface area contributed by atoms with Crippen LogP contribution < -0.4 is 0 Å². The van der Waals surface area contributed by atoms with Gasteiger partial charge in [0, 0.05) is 5.41 Å². The van der Waals surface area contributed by atoms with E-state index < -0.39 is 37.1 Å². The van der Waals surface area contributed by atoms with Gasteiger partial charge in [-0.2, -0.15) is 5.11 Å². The fourth-order valence-corrected chi connectivity index (χ4v) is 31.2. The number of allylic oxidation sites excluding steroid dienone is 1. The summed E-state index contributed by atoms with van der Waals surface area (Å²) in [5.41, 5.74) is 3.06. The summed E-state index contributed by atoms with van der Waals surface area (Å²) in [5.74, 6) is 4.49. The van der Waals surface area contributed by atoms with Crippen molar-refractivity contribution in [3.8, 4) is 0 Å². The van der Waals surface area contributed by atoms with E-state index in [4.69, 9.17) is 14.7 Å². The van der Waals surface area contributed by atoms with E-state index >= 15 is 0 Å². The monoisotopic (exact) mass is 606 g/mol. The average molecular weight is 607 g/mol. The van der Waals surface area contributed by atoms with Gasteiger partial charge >= 0.3 is 0 Å². The lowest BCUT2D eigenvalue weighted by Gasteiger charge is -2.60. The topological polar surface area (TPSA) is 34.0 Å². The summed E-state index contributed by atoms with van der Waals surface area (Å²) in [5, 5.41) is 12.9. The van der Waals surface area contributed by atoms with Crippen molar-refractivity contribution >= 4 is 31.6 Å². The Hall–Kier alpha value is 0.381. The highest BCUT2D eigenvalue weighted by molar-refractivity contribution is 7.98. The van der Waals surface area contributed by atoms with Crippen LogP contribution in [-0.4, -0.2) is 29.6 Å². The van der Waals surface area contributed by atoms with Crippen LogP contribution in [0.1, 0.15) is 94.4 Å². The predicted octanol–water partition coefficient (Wildman–Crippen LogP) is 11.8. The second kappa shape index (κ2) is 10.5. The third kappa shape index (κ3) is 5.36. The zero-order chi connectivity index (χ0) is 29.5. The number of hydrogen-bond acceptors (Lipinski definition) is 3. The van der Waals surface area contributed by atoms with Crippen molar-refractivity contribution in [1.82, 2.24) is 0 Å². The molecule has 1 heterocycles. The van der Waals surface area contributed by atoms with Crippen molar-refractivity contribution in [2.24, 2.45) is 45.2 Å². The van der Waals surface area contributed by atoms with Gasteiger partial charge < -0.3 is 4.43 Å². The molecule has 5 rings (SSSR count). The minimum absolute atomic E-state index is 0.0859. The minimum Gasteiger partial charge on any atom is -0.389 e. The molecule has 0 N–H and O–H groups in total. The maximum Gasteiger partial charge on any atom is 0.195 e. The Bertz CT molecular complexity index is 935. The molecule has 224 valence electrons. The summed E-state index contributed by atoms with van der Waals surface area (Å²) in [6, 6.07) is 0. The molecule has 5 aliphatic rings. The Morgan fingerprint density at radius 3 is 1.56 bits per heavy atom. The summed E-state index contributed by atoms with van der Waals surface area (Å²) in [4.78, 5) is 0. The molecule has 1 aliphatic heterocycles. The Balaban J connectivity index is 2.09. The van der Waals surface area contributed by atoms with Crippen molar-refractivity contribution in [1.29, 1.82) is 0 Å². The van der Waals surface area contributed by atoms with Crippen molar-refractivity contribution in [2.75, 3.05) is 0 Å². The molecular weight excluding hydrogens is 544 g/mol. The molecule has 4 aliphatic carbocycles. The van der Waals surface area contributed by atoms with Crippen molar-refractivity contribution in [2.45, 2.75) is 156 Å². The summed E-state index contributed by atoms with van der Waals surface area (Å²) < 4.78 is 7.39. The largest absolute Gasteiger partial charge is 0.389 e. The first kappa shape index (κ1) is 32.3. The molecule has 3 nitrogen and oxygen atoms in total. The lowest BCUT2D eigenvalue weighted by atomic mass is 9.52. The summed E-state index contributed by atoms with van der Waals surface area (Å²) in [6.45, 7) is 37.6. The number of hydrogen-bond donors (Lipinski definition) is 0. The molecule has 2 unspecified atom stereocenters. The van der Waals surface area contributed by atoms with Gasteiger partial charge in [-0.1, -0.05) is 82.0 Å². The third-order valence-corrected chi connectivity index (χ3v) is 28.7. The van der Waals surface area contributed by atoms with Crippen molar-refractivity contribution < 1.29 is 4.43 Å². The first-order valence-electron chi connectivity index (χ1n) is 16.3. The van der Waals surface area contributed by atoms with E-state index in [2.05, 4.69) is 102 Å². The SMILES string of the molecule is CC(C)[Si](/C(=C1/N=NC(O[Si](C)(C)C)(C(C)(C)C)P1[Si](C)(C)C)C1C2CC3CC(C2)CC1C3)(C(C)C)C(C)C. The second-order valence-corrected chi connectivity index (χ2v) is 39.6. The van der Waals surface area contributed by atoms with E-state index in [0.717, 1.165) is 29.6 Å². The lowest BCUT2D eigenvalue weighted by Crippen LogP contribution is -2.56. The first-order valence-corrected chi connectivity index (χ1v) is 27.7. The van der Waals surface area contributed by atoms with Crippen LogP contribution in [0.15, 0.2) is 20.9 Å². The number of azo groups is 1. The average Bonchev–Trinajstić information content (AvgIpc) is 3.10. The van der Waals surface area contributed by atoms with Crippen LogP contribution in [0.4, 0.5) is 0 Å². The van der Waals surface area contributed by atoms with E-state index in [0.29, 0.717) is 16.6 Å². The molecule has 2 atom stereocenters. The zero-order valence-electron chi connectivity index (χ0n) is 28.4. The molecule has 0 radical (unpaired) electrons. The predicted molar refractivity (Wildman–Crippen MR) is 180 cm³/mol. The molecule has 0 aromatic rings. The molecule has 0 aromatic heterocycles. The number of rotatable bonds is 8. The molecule has 7 heteroatoms. The van der Waals surface area contributed by atoms with Crippen LogP contribution in [0, 0.1) is 35.0 Å². The van der Waals surface area contributed by atoms with Crippen LogP contribution in [0.5, 0.6) is 0 Å². The van der Waals surface area contributed by atoms with E-state index in [9.17, 15) is 0 Å². The van der Waals surface area contributed by atoms with Crippen LogP contribution in [0.3, 0.4) is 0 Å². The van der Waals surface area contributed by atoms with Gasteiger partial charge in [0.1, 0.15) is 0 Å². The van der Waals surface area contributed by atoms with E-state index in [1.807, 2.05) is 5.20 Å². The van der Waals surface area contributed by atoms with Gasteiger partial charge in [0.25, 0.3) is 0 Å². The first-order chi connectivity index (χ1) is 17.7. The maximum atomic E-state index is 7.39. The Kier molecular flexibility index (Phi) is 8.72. The zero-order valence-corrected chi connectivity index (χ0v) is 32.3. The highest BCUT2D eigenvalue weighted by Gasteiger charge is 2.64. The van der Waals surface area contributed by atoms with Crippen LogP contribution >= 0.6 is 7.47 Å². The van der Waals surface area contributed by atoms with E-state index in [-0.39, 0.29) is 5.41 Å². The molecular formula is C32H63N2OPSi3. The van der Waals surface area contributed by atoms with Gasteiger partial charge in [-0.15, -0.1) is 5.11 Å². The van der Waals surface area contributed by atoms with Gasteiger partial charge in [0.2, 0.25) is 0 Å². The summed E-state index contributed by atoms with van der Waals surface area (Å²) >= 11 is 0. The quantitative estimate of drug-likeness (QED) is 0.200. The summed E-state index contributed by atoms with van der Waals surface area (Å²) in [6.07, 6.45) is 7.43. The highest BCUT2D eigenvalue weighted by Crippen LogP contribution is 2.76. The Morgan fingerprint density at radius 2 is 1.23 bits per heavy atom. The normalized spacial score (nSPS) is 36.7. The highest BCUT2D eigenvalue weighted by atomic mass is 31.4. The molecule has 0 saturated heterocycles. The van der Waals surface area contributed by atoms with Crippen molar-refractivity contribution in [3.63, 3.8) is 0 Å². The molecule has 4 fully saturated rings. The standard InChI is InChI=1S/C32H63N2OPSi3/c1-21(2)39(22(3)4,23(5)6)29(28-26-17-24-16-25(19-26)20-27(28)18-24)30-33-34-32(31(7,8)9,35-37(10,11)12)36(30)38(13,14)15/h21-28H,16-20H2,1-15H3/b30-29-. The second-order valence-electron chi connectivity index (χ2n) is 17.9. The van der Waals surface area contributed by atoms with Crippen molar-refractivity contribution in [3.05, 3.63) is 10.6 Å².